The fraction of sp³-hybridized carbons (Fsp3) is 0.647. The highest BCUT2D eigenvalue weighted by atomic mass is 16.5. The zero-order chi connectivity index (χ0) is 13.4. The Balaban J connectivity index is 1.70. The second kappa shape index (κ2) is 5.16. The first-order chi connectivity index (χ1) is 9.20. The van der Waals surface area contributed by atoms with E-state index in [1.54, 1.807) is 0 Å². The molecule has 2 saturated carbocycles. The summed E-state index contributed by atoms with van der Waals surface area (Å²) >= 11 is 0. The highest BCUT2D eigenvalue weighted by Gasteiger charge is 2.55. The third-order valence-corrected chi connectivity index (χ3v) is 4.78. The molecule has 3 rings (SSSR count). The van der Waals surface area contributed by atoms with Crippen LogP contribution in [0.15, 0.2) is 24.3 Å². The maximum Gasteiger partial charge on any atom is 0.119 e. The SMILES string of the molecule is CNC(c1ccc(OC(C)C)cc1)C1C2CCCC21. The highest BCUT2D eigenvalue weighted by molar-refractivity contribution is 5.31. The molecule has 0 aromatic heterocycles. The quantitative estimate of drug-likeness (QED) is 0.869. The van der Waals surface area contributed by atoms with Gasteiger partial charge in [0.15, 0.2) is 0 Å². The third-order valence-electron chi connectivity index (χ3n) is 4.78. The lowest BCUT2D eigenvalue weighted by atomic mass is 9.97. The van der Waals surface area contributed by atoms with Gasteiger partial charge in [-0.05, 0) is 69.2 Å². The van der Waals surface area contributed by atoms with Gasteiger partial charge >= 0.3 is 0 Å². The molecule has 2 nitrogen and oxygen atoms in total. The molecule has 1 aromatic rings. The molecule has 0 radical (unpaired) electrons. The van der Waals surface area contributed by atoms with Crippen molar-refractivity contribution in [3.05, 3.63) is 29.8 Å². The zero-order valence-corrected chi connectivity index (χ0v) is 12.2. The average molecular weight is 259 g/mol. The predicted octanol–water partition coefficient (Wildman–Crippen LogP) is 3.78. The fourth-order valence-corrected chi connectivity index (χ4v) is 3.98. The maximum atomic E-state index is 5.71. The van der Waals surface area contributed by atoms with Gasteiger partial charge in [0.2, 0.25) is 0 Å². The molecule has 0 heterocycles. The molecule has 2 aliphatic rings. The van der Waals surface area contributed by atoms with Crippen LogP contribution in [0.25, 0.3) is 0 Å². The molecule has 1 aromatic carbocycles. The molecule has 0 aliphatic heterocycles. The van der Waals surface area contributed by atoms with Gasteiger partial charge in [-0.2, -0.15) is 0 Å². The Morgan fingerprint density at radius 2 is 1.74 bits per heavy atom. The van der Waals surface area contributed by atoms with Crippen molar-refractivity contribution in [1.82, 2.24) is 5.32 Å². The smallest absolute Gasteiger partial charge is 0.119 e. The first kappa shape index (κ1) is 13.0. The second-order valence-corrected chi connectivity index (χ2v) is 6.34. The minimum Gasteiger partial charge on any atom is -0.491 e. The topological polar surface area (TPSA) is 21.3 Å². The standard InChI is InChI=1S/C17H25NO/c1-11(2)19-13-9-7-12(8-10-13)17(18-3)16-14-5-4-6-15(14)16/h7-11,14-18H,4-6H2,1-3H3. The van der Waals surface area contributed by atoms with Crippen LogP contribution in [0, 0.1) is 17.8 Å². The van der Waals surface area contributed by atoms with Crippen molar-refractivity contribution in [1.29, 1.82) is 0 Å². The summed E-state index contributed by atoms with van der Waals surface area (Å²) in [7, 11) is 2.09. The monoisotopic (exact) mass is 259 g/mol. The largest absolute Gasteiger partial charge is 0.491 e. The summed E-state index contributed by atoms with van der Waals surface area (Å²) in [5.41, 5.74) is 1.41. The van der Waals surface area contributed by atoms with Crippen LogP contribution in [-0.4, -0.2) is 13.2 Å². The number of ether oxygens (including phenoxy) is 1. The molecule has 0 saturated heterocycles. The van der Waals surface area contributed by atoms with E-state index in [0.29, 0.717) is 6.04 Å². The van der Waals surface area contributed by atoms with Gasteiger partial charge in [0.25, 0.3) is 0 Å². The number of hydrogen-bond donors (Lipinski definition) is 1. The van der Waals surface area contributed by atoms with Crippen LogP contribution in [-0.2, 0) is 0 Å². The van der Waals surface area contributed by atoms with Crippen LogP contribution < -0.4 is 10.1 Å². The molecular weight excluding hydrogens is 234 g/mol. The number of fused-ring (bicyclic) bond motifs is 1. The van der Waals surface area contributed by atoms with E-state index in [1.807, 2.05) is 0 Å². The van der Waals surface area contributed by atoms with Gasteiger partial charge in [-0.1, -0.05) is 18.6 Å². The normalized spacial score (nSPS) is 30.2. The molecule has 0 spiro atoms. The summed E-state index contributed by atoms with van der Waals surface area (Å²) in [4.78, 5) is 0. The van der Waals surface area contributed by atoms with Crippen LogP contribution in [0.3, 0.4) is 0 Å². The van der Waals surface area contributed by atoms with Crippen molar-refractivity contribution in [3.8, 4) is 5.75 Å². The van der Waals surface area contributed by atoms with Crippen LogP contribution in [0.4, 0.5) is 0 Å². The fourth-order valence-electron chi connectivity index (χ4n) is 3.98. The van der Waals surface area contributed by atoms with Crippen LogP contribution in [0.2, 0.25) is 0 Å². The van der Waals surface area contributed by atoms with E-state index in [-0.39, 0.29) is 6.10 Å². The lowest BCUT2D eigenvalue weighted by Gasteiger charge is -2.19. The van der Waals surface area contributed by atoms with E-state index >= 15 is 0 Å². The zero-order valence-electron chi connectivity index (χ0n) is 12.2. The Bertz CT molecular complexity index is 415. The molecule has 1 N–H and O–H groups in total. The summed E-state index contributed by atoms with van der Waals surface area (Å²) in [6.45, 7) is 4.13. The van der Waals surface area contributed by atoms with E-state index in [1.165, 1.54) is 24.8 Å². The van der Waals surface area contributed by atoms with E-state index in [0.717, 1.165) is 23.5 Å². The lowest BCUT2D eigenvalue weighted by Crippen LogP contribution is -2.20. The third kappa shape index (κ3) is 2.51. The van der Waals surface area contributed by atoms with Crippen LogP contribution in [0.1, 0.15) is 44.7 Å². The Morgan fingerprint density at radius 3 is 2.26 bits per heavy atom. The van der Waals surface area contributed by atoms with Crippen molar-refractivity contribution in [3.63, 3.8) is 0 Å². The molecule has 19 heavy (non-hydrogen) atoms. The minimum atomic E-state index is 0.244. The van der Waals surface area contributed by atoms with E-state index in [2.05, 4.69) is 50.5 Å². The van der Waals surface area contributed by atoms with Gasteiger partial charge in [-0.25, -0.2) is 0 Å². The van der Waals surface area contributed by atoms with E-state index in [4.69, 9.17) is 4.74 Å². The molecule has 0 bridgehead atoms. The predicted molar refractivity (Wildman–Crippen MR) is 78.3 cm³/mol. The second-order valence-electron chi connectivity index (χ2n) is 6.34. The highest BCUT2D eigenvalue weighted by Crippen LogP contribution is 2.62. The summed E-state index contributed by atoms with van der Waals surface area (Å²) in [5.74, 6) is 3.83. The molecule has 3 atom stereocenters. The average Bonchev–Trinajstić information content (AvgIpc) is 2.85. The molecule has 104 valence electrons. The molecule has 3 unspecified atom stereocenters. The summed E-state index contributed by atoms with van der Waals surface area (Å²) in [6, 6.07) is 9.21. The number of rotatable bonds is 5. The molecule has 2 fully saturated rings. The molecule has 2 heteroatoms. The van der Waals surface area contributed by atoms with Crippen molar-refractivity contribution >= 4 is 0 Å². The van der Waals surface area contributed by atoms with Crippen LogP contribution >= 0.6 is 0 Å². The van der Waals surface area contributed by atoms with Gasteiger partial charge < -0.3 is 10.1 Å². The maximum absolute atomic E-state index is 5.71. The van der Waals surface area contributed by atoms with E-state index in [9.17, 15) is 0 Å². The number of nitrogens with one attached hydrogen (secondary N) is 1. The van der Waals surface area contributed by atoms with Crippen molar-refractivity contribution in [2.75, 3.05) is 7.05 Å². The first-order valence-corrected chi connectivity index (χ1v) is 7.64. The summed E-state index contributed by atoms with van der Waals surface area (Å²) in [5, 5.41) is 3.53. The Kier molecular flexibility index (Phi) is 3.53. The Labute approximate surface area is 116 Å². The number of hydrogen-bond acceptors (Lipinski definition) is 2. The van der Waals surface area contributed by atoms with Gasteiger partial charge in [-0.3, -0.25) is 0 Å². The number of benzene rings is 1. The Morgan fingerprint density at radius 1 is 1.11 bits per heavy atom. The first-order valence-electron chi connectivity index (χ1n) is 7.64. The summed E-state index contributed by atoms with van der Waals surface area (Å²) in [6.07, 6.45) is 4.59. The van der Waals surface area contributed by atoms with Crippen molar-refractivity contribution in [2.24, 2.45) is 17.8 Å². The van der Waals surface area contributed by atoms with Gasteiger partial charge in [0.1, 0.15) is 5.75 Å². The lowest BCUT2D eigenvalue weighted by molar-refractivity contribution is 0.242. The van der Waals surface area contributed by atoms with Crippen LogP contribution in [0.5, 0.6) is 5.75 Å². The van der Waals surface area contributed by atoms with E-state index < -0.39 is 0 Å². The molecule has 0 amide bonds. The molecule has 2 aliphatic carbocycles. The summed E-state index contributed by atoms with van der Waals surface area (Å²) < 4.78 is 5.71. The van der Waals surface area contributed by atoms with Gasteiger partial charge in [0, 0.05) is 6.04 Å². The molecular formula is C17H25NO. The Hall–Kier alpha value is -1.02. The van der Waals surface area contributed by atoms with Gasteiger partial charge in [-0.15, -0.1) is 0 Å². The minimum absolute atomic E-state index is 0.244. The van der Waals surface area contributed by atoms with Crippen molar-refractivity contribution < 1.29 is 4.74 Å². The van der Waals surface area contributed by atoms with Gasteiger partial charge in [0.05, 0.1) is 6.10 Å². The van der Waals surface area contributed by atoms with Crippen molar-refractivity contribution in [2.45, 2.75) is 45.3 Å².